The van der Waals surface area contributed by atoms with E-state index in [1.165, 1.54) is 12.3 Å². The predicted molar refractivity (Wildman–Crippen MR) is 64.9 cm³/mol. The number of rotatable bonds is 2. The highest BCUT2D eigenvalue weighted by atomic mass is 19.4. The van der Waals surface area contributed by atoms with Crippen LogP contribution in [0.5, 0.6) is 11.5 Å². The first-order valence-electron chi connectivity index (χ1n) is 5.43. The van der Waals surface area contributed by atoms with Crippen LogP contribution in [0, 0.1) is 6.92 Å². The second-order valence-corrected chi connectivity index (χ2v) is 3.99. The van der Waals surface area contributed by atoms with Gasteiger partial charge in [0.25, 0.3) is 0 Å². The van der Waals surface area contributed by atoms with Crippen LogP contribution in [0.15, 0.2) is 36.5 Å². The van der Waals surface area contributed by atoms with Crippen molar-refractivity contribution in [3.8, 4) is 11.5 Å². The van der Waals surface area contributed by atoms with Crippen molar-refractivity contribution < 1.29 is 17.9 Å². The van der Waals surface area contributed by atoms with Crippen LogP contribution in [0.4, 0.5) is 18.9 Å². The zero-order valence-corrected chi connectivity index (χ0v) is 10.0. The molecule has 0 unspecified atom stereocenters. The number of ether oxygens (including phenoxy) is 1. The smallest absolute Gasteiger partial charge is 0.416 e. The molecule has 0 aliphatic heterocycles. The minimum Gasteiger partial charge on any atom is -0.454 e. The van der Waals surface area contributed by atoms with Crippen molar-refractivity contribution in [3.63, 3.8) is 0 Å². The number of pyridine rings is 1. The Morgan fingerprint density at radius 3 is 2.42 bits per heavy atom. The van der Waals surface area contributed by atoms with Gasteiger partial charge in [-0.25, -0.2) is 0 Å². The average Bonchev–Trinajstić information content (AvgIpc) is 2.33. The molecule has 0 fully saturated rings. The maximum absolute atomic E-state index is 12.5. The van der Waals surface area contributed by atoms with Crippen LogP contribution in [0.25, 0.3) is 0 Å². The molecule has 0 amide bonds. The van der Waals surface area contributed by atoms with Gasteiger partial charge in [-0.2, -0.15) is 13.2 Å². The van der Waals surface area contributed by atoms with E-state index in [-0.39, 0.29) is 11.4 Å². The molecule has 1 aromatic heterocycles. The standard InChI is InChI=1S/C13H11F3N2O/c1-8-2-4-10(7-18-8)19-12-5-3-9(6-11(12)17)13(14,15)16/h2-7H,17H2,1H3. The number of hydrogen-bond acceptors (Lipinski definition) is 3. The number of nitrogen functional groups attached to an aromatic ring is 1. The molecule has 2 N–H and O–H groups in total. The molecule has 1 heterocycles. The summed E-state index contributed by atoms with van der Waals surface area (Å²) in [5, 5.41) is 0. The minimum atomic E-state index is -4.42. The van der Waals surface area contributed by atoms with Crippen molar-refractivity contribution >= 4 is 5.69 Å². The molecular formula is C13H11F3N2O. The van der Waals surface area contributed by atoms with Gasteiger partial charge in [-0.05, 0) is 37.3 Å². The van der Waals surface area contributed by atoms with Gasteiger partial charge in [-0.3, -0.25) is 4.98 Å². The van der Waals surface area contributed by atoms with Crippen LogP contribution >= 0.6 is 0 Å². The molecule has 0 aliphatic carbocycles. The third-order valence-corrected chi connectivity index (χ3v) is 2.45. The highest BCUT2D eigenvalue weighted by molar-refractivity contribution is 5.56. The third-order valence-electron chi connectivity index (χ3n) is 2.45. The van der Waals surface area contributed by atoms with E-state index in [0.717, 1.165) is 17.8 Å². The van der Waals surface area contributed by atoms with Gasteiger partial charge in [-0.1, -0.05) is 0 Å². The lowest BCUT2D eigenvalue weighted by atomic mass is 10.2. The van der Waals surface area contributed by atoms with E-state index in [9.17, 15) is 13.2 Å². The molecule has 0 saturated carbocycles. The molecule has 0 spiro atoms. The van der Waals surface area contributed by atoms with Gasteiger partial charge in [0, 0.05) is 5.69 Å². The number of hydrogen-bond donors (Lipinski definition) is 1. The number of halogens is 3. The topological polar surface area (TPSA) is 48.1 Å². The molecule has 0 atom stereocenters. The number of anilines is 1. The number of benzene rings is 1. The van der Waals surface area contributed by atoms with E-state index < -0.39 is 11.7 Å². The average molecular weight is 268 g/mol. The summed E-state index contributed by atoms with van der Waals surface area (Å²) in [5.74, 6) is 0.579. The van der Waals surface area contributed by atoms with Gasteiger partial charge >= 0.3 is 6.18 Å². The highest BCUT2D eigenvalue weighted by Gasteiger charge is 2.30. The Labute approximate surface area is 107 Å². The van der Waals surface area contributed by atoms with Crippen molar-refractivity contribution in [3.05, 3.63) is 47.8 Å². The number of nitrogens with zero attached hydrogens (tertiary/aromatic N) is 1. The van der Waals surface area contributed by atoms with Gasteiger partial charge in [0.15, 0.2) is 0 Å². The van der Waals surface area contributed by atoms with Crippen molar-refractivity contribution in [2.24, 2.45) is 0 Å². The molecular weight excluding hydrogens is 257 g/mol. The van der Waals surface area contributed by atoms with Gasteiger partial charge in [-0.15, -0.1) is 0 Å². The summed E-state index contributed by atoms with van der Waals surface area (Å²) in [5.41, 5.74) is 5.48. The first-order chi connectivity index (χ1) is 8.86. The van der Waals surface area contributed by atoms with Crippen molar-refractivity contribution in [2.75, 3.05) is 5.73 Å². The lowest BCUT2D eigenvalue weighted by Crippen LogP contribution is -2.06. The maximum atomic E-state index is 12.5. The molecule has 3 nitrogen and oxygen atoms in total. The molecule has 2 aromatic rings. The second kappa shape index (κ2) is 4.79. The molecule has 0 aliphatic rings. The van der Waals surface area contributed by atoms with Gasteiger partial charge in [0.1, 0.15) is 11.5 Å². The monoisotopic (exact) mass is 268 g/mol. The Bertz CT molecular complexity index is 579. The molecule has 0 bridgehead atoms. The maximum Gasteiger partial charge on any atom is 0.416 e. The van der Waals surface area contributed by atoms with Crippen LogP contribution in [-0.4, -0.2) is 4.98 Å². The number of alkyl halides is 3. The summed E-state index contributed by atoms with van der Waals surface area (Å²) in [4.78, 5) is 4.02. The fourth-order valence-electron chi connectivity index (χ4n) is 1.46. The van der Waals surface area contributed by atoms with Crippen molar-refractivity contribution in [1.82, 2.24) is 4.98 Å². The third kappa shape index (κ3) is 3.15. The van der Waals surface area contributed by atoms with E-state index in [1.54, 1.807) is 12.1 Å². The zero-order chi connectivity index (χ0) is 14.0. The van der Waals surface area contributed by atoms with Gasteiger partial charge in [0.05, 0.1) is 17.4 Å². The number of aryl methyl sites for hydroxylation is 1. The Morgan fingerprint density at radius 2 is 1.89 bits per heavy atom. The van der Waals surface area contributed by atoms with Crippen molar-refractivity contribution in [2.45, 2.75) is 13.1 Å². The van der Waals surface area contributed by atoms with E-state index in [1.807, 2.05) is 6.92 Å². The van der Waals surface area contributed by atoms with Crippen LogP contribution < -0.4 is 10.5 Å². The second-order valence-electron chi connectivity index (χ2n) is 3.99. The summed E-state index contributed by atoms with van der Waals surface area (Å²) >= 11 is 0. The summed E-state index contributed by atoms with van der Waals surface area (Å²) in [6.45, 7) is 1.82. The summed E-state index contributed by atoms with van der Waals surface area (Å²) in [6, 6.07) is 6.36. The SMILES string of the molecule is Cc1ccc(Oc2ccc(C(F)(F)F)cc2N)cn1. The van der Waals surface area contributed by atoms with E-state index in [4.69, 9.17) is 10.5 Å². The molecule has 0 saturated heterocycles. The quantitative estimate of drug-likeness (QED) is 0.843. The fourth-order valence-corrected chi connectivity index (χ4v) is 1.46. The molecule has 100 valence electrons. The minimum absolute atomic E-state index is 0.0737. The number of nitrogens with two attached hydrogens (primary N) is 1. The molecule has 19 heavy (non-hydrogen) atoms. The summed E-state index contributed by atoms with van der Waals surface area (Å²) < 4.78 is 42.8. The highest BCUT2D eigenvalue weighted by Crippen LogP contribution is 2.35. The molecule has 2 rings (SSSR count). The molecule has 1 aromatic carbocycles. The fraction of sp³-hybridized carbons (Fsp3) is 0.154. The predicted octanol–water partition coefficient (Wildman–Crippen LogP) is 3.78. The molecule has 0 radical (unpaired) electrons. The largest absolute Gasteiger partial charge is 0.454 e. The zero-order valence-electron chi connectivity index (χ0n) is 10.0. The summed E-state index contributed by atoms with van der Waals surface area (Å²) in [7, 11) is 0. The van der Waals surface area contributed by atoms with Crippen LogP contribution in [0.2, 0.25) is 0 Å². The van der Waals surface area contributed by atoms with Crippen LogP contribution in [-0.2, 0) is 6.18 Å². The Hall–Kier alpha value is -2.24. The number of aromatic nitrogens is 1. The first-order valence-corrected chi connectivity index (χ1v) is 5.43. The Morgan fingerprint density at radius 1 is 1.16 bits per heavy atom. The lowest BCUT2D eigenvalue weighted by Gasteiger charge is -2.11. The summed E-state index contributed by atoms with van der Waals surface area (Å²) in [6.07, 6.45) is -2.94. The van der Waals surface area contributed by atoms with Crippen LogP contribution in [0.3, 0.4) is 0 Å². The van der Waals surface area contributed by atoms with Gasteiger partial charge in [0.2, 0.25) is 0 Å². The van der Waals surface area contributed by atoms with E-state index in [2.05, 4.69) is 4.98 Å². The lowest BCUT2D eigenvalue weighted by molar-refractivity contribution is -0.137. The van der Waals surface area contributed by atoms with Gasteiger partial charge < -0.3 is 10.5 Å². The molecule has 6 heteroatoms. The first kappa shape index (κ1) is 13.2. The van der Waals surface area contributed by atoms with Crippen LogP contribution in [0.1, 0.15) is 11.3 Å². The van der Waals surface area contributed by atoms with E-state index in [0.29, 0.717) is 5.75 Å². The normalized spacial score (nSPS) is 11.4. The Balaban J connectivity index is 2.24. The van der Waals surface area contributed by atoms with Crippen molar-refractivity contribution in [1.29, 1.82) is 0 Å². The Kier molecular flexibility index (Phi) is 3.33. The van der Waals surface area contributed by atoms with E-state index >= 15 is 0 Å².